The van der Waals surface area contributed by atoms with Crippen molar-refractivity contribution in [3.05, 3.63) is 59.9 Å². The summed E-state index contributed by atoms with van der Waals surface area (Å²) in [5.41, 5.74) is 1.69. The predicted molar refractivity (Wildman–Crippen MR) is 116 cm³/mol. The number of hydrogen-bond donors (Lipinski definition) is 0. The van der Waals surface area contributed by atoms with Crippen molar-refractivity contribution < 1.29 is 18.7 Å². The van der Waals surface area contributed by atoms with Gasteiger partial charge in [-0.25, -0.2) is 9.37 Å². The predicted octanol–water partition coefficient (Wildman–Crippen LogP) is 4.34. The number of nitrogens with zero attached hydrogens (tertiary/aromatic N) is 3. The smallest absolute Gasteiger partial charge is 0.321 e. The fraction of sp³-hybridized carbons (Fsp3) is 0.375. The first-order valence-electron chi connectivity index (χ1n) is 10.6. The van der Waals surface area contributed by atoms with Gasteiger partial charge in [-0.05, 0) is 37.5 Å². The van der Waals surface area contributed by atoms with Crippen LogP contribution >= 0.6 is 0 Å². The molecule has 0 unspecified atom stereocenters. The number of hydrogen-bond acceptors (Lipinski definition) is 4. The number of esters is 1. The molecule has 1 aliphatic rings. The Bertz CT molecular complexity index is 1120. The van der Waals surface area contributed by atoms with E-state index in [9.17, 15) is 14.0 Å². The van der Waals surface area contributed by atoms with Gasteiger partial charge in [0.15, 0.2) is 5.92 Å². The van der Waals surface area contributed by atoms with Crippen LogP contribution in [0.25, 0.3) is 11.0 Å². The van der Waals surface area contributed by atoms with Crippen molar-refractivity contribution in [1.82, 2.24) is 9.55 Å². The highest BCUT2D eigenvalue weighted by molar-refractivity contribution is 6.08. The van der Waals surface area contributed by atoms with Crippen molar-refractivity contribution in [1.29, 1.82) is 0 Å². The number of benzene rings is 2. The van der Waals surface area contributed by atoms with E-state index in [0.717, 1.165) is 11.9 Å². The highest BCUT2D eigenvalue weighted by Crippen LogP contribution is 2.42. The van der Waals surface area contributed by atoms with Crippen LogP contribution in [-0.2, 0) is 14.3 Å². The molecule has 0 saturated heterocycles. The summed E-state index contributed by atoms with van der Waals surface area (Å²) < 4.78 is 22.1. The number of imidazole rings is 1. The summed E-state index contributed by atoms with van der Waals surface area (Å²) in [7, 11) is 0. The van der Waals surface area contributed by atoms with Gasteiger partial charge >= 0.3 is 5.97 Å². The van der Waals surface area contributed by atoms with E-state index in [1.54, 1.807) is 30.0 Å². The molecule has 2 heterocycles. The van der Waals surface area contributed by atoms with Crippen LogP contribution in [0.5, 0.6) is 0 Å². The van der Waals surface area contributed by atoms with Crippen LogP contribution in [0.1, 0.15) is 38.8 Å². The molecule has 0 radical (unpaired) electrons. The quantitative estimate of drug-likeness (QED) is 0.437. The van der Waals surface area contributed by atoms with Crippen LogP contribution in [0.15, 0.2) is 48.5 Å². The lowest BCUT2D eigenvalue weighted by atomic mass is 9.89. The minimum absolute atomic E-state index is 0.135. The molecule has 7 heteroatoms. The second-order valence-corrected chi connectivity index (χ2v) is 8.14. The van der Waals surface area contributed by atoms with Crippen LogP contribution in [-0.4, -0.2) is 34.6 Å². The average Bonchev–Trinajstić information content (AvgIpc) is 3.12. The third kappa shape index (κ3) is 3.69. The van der Waals surface area contributed by atoms with Gasteiger partial charge < -0.3 is 9.30 Å². The van der Waals surface area contributed by atoms with E-state index in [1.165, 1.54) is 6.07 Å². The lowest BCUT2D eigenvalue weighted by Crippen LogP contribution is -2.50. The summed E-state index contributed by atoms with van der Waals surface area (Å²) in [6.45, 7) is 6.39. The van der Waals surface area contributed by atoms with Gasteiger partial charge in [0, 0.05) is 12.1 Å². The monoisotopic (exact) mass is 423 g/mol. The number of carbonyl (C=O) groups excluding carboxylic acids is 2. The maximum absolute atomic E-state index is 15.0. The number of anilines is 1. The molecule has 0 saturated carbocycles. The fourth-order valence-electron chi connectivity index (χ4n) is 4.14. The highest BCUT2D eigenvalue weighted by Gasteiger charge is 2.48. The van der Waals surface area contributed by atoms with Crippen LogP contribution in [0, 0.1) is 17.7 Å². The van der Waals surface area contributed by atoms with Crippen molar-refractivity contribution in [2.75, 3.05) is 18.1 Å². The Morgan fingerprint density at radius 2 is 1.87 bits per heavy atom. The lowest BCUT2D eigenvalue weighted by molar-refractivity contribution is -0.153. The van der Waals surface area contributed by atoms with Crippen LogP contribution in [0.2, 0.25) is 0 Å². The minimum atomic E-state index is -1.20. The molecule has 3 aromatic rings. The van der Waals surface area contributed by atoms with E-state index in [0.29, 0.717) is 23.9 Å². The van der Waals surface area contributed by atoms with E-state index < -0.39 is 29.7 Å². The van der Waals surface area contributed by atoms with E-state index in [2.05, 4.69) is 13.8 Å². The molecule has 31 heavy (non-hydrogen) atoms. The Morgan fingerprint density at radius 3 is 2.58 bits per heavy atom. The molecule has 1 amide bonds. The molecule has 6 nitrogen and oxygen atoms in total. The Hall–Kier alpha value is -3.22. The van der Waals surface area contributed by atoms with Gasteiger partial charge in [0.1, 0.15) is 5.82 Å². The summed E-state index contributed by atoms with van der Waals surface area (Å²) >= 11 is 0. The number of halogens is 1. The number of para-hydroxylation sites is 2. The molecule has 0 fully saturated rings. The normalized spacial score (nSPS) is 18.5. The molecule has 4 rings (SSSR count). The number of carbonyl (C=O) groups is 2. The zero-order chi connectivity index (χ0) is 22.1. The maximum atomic E-state index is 15.0. The Balaban J connectivity index is 1.98. The first-order chi connectivity index (χ1) is 14.9. The second kappa shape index (κ2) is 8.49. The third-order valence-corrected chi connectivity index (χ3v) is 5.64. The van der Waals surface area contributed by atoms with Gasteiger partial charge in [-0.1, -0.05) is 44.2 Å². The molecule has 162 valence electrons. The SMILES string of the molecule is CCOC(=O)[C@H]1C(=O)N(CCC(C)C)c2nc3ccccc3n2[C@@H]1c1ccccc1F. The summed E-state index contributed by atoms with van der Waals surface area (Å²) in [6, 6.07) is 12.8. The number of aromatic nitrogens is 2. The zero-order valence-corrected chi connectivity index (χ0v) is 17.9. The fourth-order valence-corrected chi connectivity index (χ4v) is 4.14. The molecule has 1 aromatic heterocycles. The van der Waals surface area contributed by atoms with Crippen molar-refractivity contribution in [2.24, 2.45) is 11.8 Å². The first kappa shape index (κ1) is 21.0. The minimum Gasteiger partial charge on any atom is -0.465 e. The van der Waals surface area contributed by atoms with Crippen molar-refractivity contribution in [3.63, 3.8) is 0 Å². The van der Waals surface area contributed by atoms with Gasteiger partial charge in [-0.15, -0.1) is 0 Å². The molecule has 0 spiro atoms. The number of rotatable bonds is 6. The van der Waals surface area contributed by atoms with E-state index in [1.807, 2.05) is 28.8 Å². The molecular formula is C24H26FN3O3. The Kier molecular flexibility index (Phi) is 5.76. The summed E-state index contributed by atoms with van der Waals surface area (Å²) in [4.78, 5) is 32.9. The molecule has 1 aliphatic heterocycles. The maximum Gasteiger partial charge on any atom is 0.321 e. The van der Waals surface area contributed by atoms with Gasteiger partial charge in [0.2, 0.25) is 11.9 Å². The second-order valence-electron chi connectivity index (χ2n) is 8.14. The standard InChI is InChI=1S/C24H26FN3O3/c1-4-31-23(30)20-21(16-9-5-6-10-17(16)25)28-19-12-8-7-11-18(19)26-24(28)27(22(20)29)14-13-15(2)3/h5-12,15,20-21H,4,13-14H2,1-3H3/t20-,21-/m1/s1. The summed E-state index contributed by atoms with van der Waals surface area (Å²) in [5.74, 6) is -1.95. The zero-order valence-electron chi connectivity index (χ0n) is 17.9. The molecule has 0 aliphatic carbocycles. The average molecular weight is 423 g/mol. The molecule has 0 bridgehead atoms. The molecule has 2 aromatic carbocycles. The van der Waals surface area contributed by atoms with Gasteiger partial charge in [-0.2, -0.15) is 0 Å². The number of ether oxygens (including phenoxy) is 1. The van der Waals surface area contributed by atoms with Gasteiger partial charge in [-0.3, -0.25) is 14.5 Å². The van der Waals surface area contributed by atoms with Crippen molar-refractivity contribution >= 4 is 28.9 Å². The van der Waals surface area contributed by atoms with E-state index in [4.69, 9.17) is 9.72 Å². The Morgan fingerprint density at radius 1 is 1.16 bits per heavy atom. The number of fused-ring (bicyclic) bond motifs is 3. The highest BCUT2D eigenvalue weighted by atomic mass is 19.1. The van der Waals surface area contributed by atoms with Crippen LogP contribution in [0.4, 0.5) is 10.3 Å². The lowest BCUT2D eigenvalue weighted by Gasteiger charge is -2.38. The number of amides is 1. The van der Waals surface area contributed by atoms with E-state index in [-0.39, 0.29) is 12.2 Å². The van der Waals surface area contributed by atoms with Crippen LogP contribution in [0.3, 0.4) is 0 Å². The first-order valence-corrected chi connectivity index (χ1v) is 10.6. The third-order valence-electron chi connectivity index (χ3n) is 5.64. The van der Waals surface area contributed by atoms with E-state index >= 15 is 0 Å². The van der Waals surface area contributed by atoms with Gasteiger partial charge in [0.05, 0.1) is 23.7 Å². The summed E-state index contributed by atoms with van der Waals surface area (Å²) in [6.07, 6.45) is 0.745. The molecule has 0 N–H and O–H groups in total. The molecular weight excluding hydrogens is 397 g/mol. The van der Waals surface area contributed by atoms with Crippen molar-refractivity contribution in [2.45, 2.75) is 33.2 Å². The van der Waals surface area contributed by atoms with Gasteiger partial charge in [0.25, 0.3) is 0 Å². The van der Waals surface area contributed by atoms with Crippen LogP contribution < -0.4 is 4.90 Å². The topological polar surface area (TPSA) is 64.4 Å². The largest absolute Gasteiger partial charge is 0.465 e. The Labute approximate surface area is 180 Å². The molecule has 2 atom stereocenters. The summed E-state index contributed by atoms with van der Waals surface area (Å²) in [5, 5.41) is 0. The van der Waals surface area contributed by atoms with Crippen molar-refractivity contribution in [3.8, 4) is 0 Å².